The zero-order valence-electron chi connectivity index (χ0n) is 20.1. The van der Waals surface area contributed by atoms with Crippen molar-refractivity contribution < 1.29 is 13.2 Å². The van der Waals surface area contributed by atoms with Crippen molar-refractivity contribution in [3.63, 3.8) is 0 Å². The zero-order valence-corrected chi connectivity index (χ0v) is 20.9. The number of hydrogen-bond donors (Lipinski definition) is 1. The molecule has 2 aromatic rings. The SMILES string of the molecule is CC(C)Cn1c(=O)[nH]c(=O)c2c(C(=O)N3CCC(N(C)S(C)(=O)=O)CC3)cc(C(C)C)nc21. The summed E-state index contributed by atoms with van der Waals surface area (Å²) in [5.74, 6) is -0.201. The summed E-state index contributed by atoms with van der Waals surface area (Å²) in [4.78, 5) is 47.5. The number of piperidine rings is 1. The molecule has 1 aliphatic rings. The van der Waals surface area contributed by atoms with Crippen molar-refractivity contribution >= 4 is 27.0 Å². The fourth-order valence-corrected chi connectivity index (χ4v) is 4.92. The Morgan fingerprint density at radius 1 is 1.21 bits per heavy atom. The van der Waals surface area contributed by atoms with Gasteiger partial charge in [-0.2, -0.15) is 0 Å². The third-order valence-corrected chi connectivity index (χ3v) is 7.47. The van der Waals surface area contributed by atoms with Crippen LogP contribution in [0.4, 0.5) is 0 Å². The van der Waals surface area contributed by atoms with E-state index in [9.17, 15) is 22.8 Å². The summed E-state index contributed by atoms with van der Waals surface area (Å²) in [5.41, 5.74) is -0.110. The van der Waals surface area contributed by atoms with Crippen molar-refractivity contribution in [1.82, 2.24) is 23.7 Å². The van der Waals surface area contributed by atoms with Crippen LogP contribution in [0, 0.1) is 5.92 Å². The van der Waals surface area contributed by atoms with Gasteiger partial charge in [0.15, 0.2) is 5.65 Å². The minimum absolute atomic E-state index is 0.0167. The molecule has 182 valence electrons. The van der Waals surface area contributed by atoms with Crippen LogP contribution in [0.1, 0.15) is 62.5 Å². The van der Waals surface area contributed by atoms with Crippen molar-refractivity contribution in [3.8, 4) is 0 Å². The molecule has 0 radical (unpaired) electrons. The molecule has 1 fully saturated rings. The average Bonchev–Trinajstić information content (AvgIpc) is 2.73. The van der Waals surface area contributed by atoms with E-state index in [1.807, 2.05) is 27.7 Å². The number of aromatic amines is 1. The summed E-state index contributed by atoms with van der Waals surface area (Å²) in [6, 6.07) is 1.47. The second kappa shape index (κ2) is 9.38. The van der Waals surface area contributed by atoms with Gasteiger partial charge in [0.05, 0.1) is 17.2 Å². The van der Waals surface area contributed by atoms with E-state index >= 15 is 0 Å². The Kier molecular flexibility index (Phi) is 7.13. The molecule has 1 amide bonds. The number of carbonyl (C=O) groups excluding carboxylic acids is 1. The second-order valence-corrected chi connectivity index (χ2v) is 11.6. The van der Waals surface area contributed by atoms with Crippen LogP contribution >= 0.6 is 0 Å². The van der Waals surface area contributed by atoms with Gasteiger partial charge in [0, 0.05) is 38.4 Å². The molecule has 0 aliphatic carbocycles. The monoisotopic (exact) mass is 479 g/mol. The molecule has 33 heavy (non-hydrogen) atoms. The number of fused-ring (bicyclic) bond motifs is 1. The van der Waals surface area contributed by atoms with E-state index in [0.29, 0.717) is 38.2 Å². The molecular weight excluding hydrogens is 446 g/mol. The number of aromatic nitrogens is 3. The lowest BCUT2D eigenvalue weighted by Gasteiger charge is -2.35. The fourth-order valence-electron chi connectivity index (χ4n) is 4.17. The molecule has 0 spiro atoms. The average molecular weight is 480 g/mol. The lowest BCUT2D eigenvalue weighted by Crippen LogP contribution is -2.47. The molecular formula is C22H33N5O5S. The highest BCUT2D eigenvalue weighted by Gasteiger charge is 2.31. The lowest BCUT2D eigenvalue weighted by atomic mass is 10.0. The van der Waals surface area contributed by atoms with E-state index < -0.39 is 21.3 Å². The van der Waals surface area contributed by atoms with Crippen LogP contribution in [-0.2, 0) is 16.6 Å². The van der Waals surface area contributed by atoms with E-state index in [0.717, 1.165) is 0 Å². The van der Waals surface area contributed by atoms with Gasteiger partial charge in [-0.25, -0.2) is 22.5 Å². The van der Waals surface area contributed by atoms with Crippen LogP contribution in [0.5, 0.6) is 0 Å². The first-order valence-electron chi connectivity index (χ1n) is 11.2. The molecule has 0 aromatic carbocycles. The van der Waals surface area contributed by atoms with Gasteiger partial charge in [-0.3, -0.25) is 19.1 Å². The quantitative estimate of drug-likeness (QED) is 0.667. The van der Waals surface area contributed by atoms with Crippen LogP contribution in [0.2, 0.25) is 0 Å². The third kappa shape index (κ3) is 5.19. The molecule has 2 aromatic heterocycles. The highest BCUT2D eigenvalue weighted by molar-refractivity contribution is 7.88. The Morgan fingerprint density at radius 2 is 1.82 bits per heavy atom. The molecule has 0 unspecified atom stereocenters. The molecule has 3 rings (SSSR count). The molecule has 0 atom stereocenters. The smallest absolute Gasteiger partial charge is 0.330 e. The number of likely N-dealkylation sites (tertiary alicyclic amines) is 1. The van der Waals surface area contributed by atoms with E-state index in [-0.39, 0.29) is 40.4 Å². The Morgan fingerprint density at radius 3 is 2.33 bits per heavy atom. The lowest BCUT2D eigenvalue weighted by molar-refractivity contribution is 0.0688. The van der Waals surface area contributed by atoms with Crippen LogP contribution in [-0.4, -0.2) is 70.5 Å². The zero-order chi connectivity index (χ0) is 24.7. The summed E-state index contributed by atoms with van der Waals surface area (Å²) in [5, 5.41) is 0.111. The van der Waals surface area contributed by atoms with Crippen molar-refractivity contribution in [2.75, 3.05) is 26.4 Å². The molecule has 1 aliphatic heterocycles. The molecule has 0 saturated carbocycles. The van der Waals surface area contributed by atoms with E-state index in [1.54, 1.807) is 18.0 Å². The molecule has 1 saturated heterocycles. The Hall–Kier alpha value is -2.53. The third-order valence-electron chi connectivity index (χ3n) is 6.13. The van der Waals surface area contributed by atoms with Gasteiger partial charge in [0.2, 0.25) is 10.0 Å². The van der Waals surface area contributed by atoms with Gasteiger partial charge in [0.25, 0.3) is 11.5 Å². The Balaban J connectivity index is 2.06. The number of pyridine rings is 1. The van der Waals surface area contributed by atoms with Crippen LogP contribution in [0.15, 0.2) is 15.7 Å². The van der Waals surface area contributed by atoms with Crippen molar-refractivity contribution in [3.05, 3.63) is 38.2 Å². The van der Waals surface area contributed by atoms with E-state index in [4.69, 9.17) is 0 Å². The number of nitrogens with one attached hydrogen (secondary N) is 1. The summed E-state index contributed by atoms with van der Waals surface area (Å²) in [6.45, 7) is 8.89. The van der Waals surface area contributed by atoms with Gasteiger partial charge in [-0.1, -0.05) is 27.7 Å². The molecule has 10 nitrogen and oxygen atoms in total. The van der Waals surface area contributed by atoms with Crippen molar-refractivity contribution in [1.29, 1.82) is 0 Å². The Bertz CT molecular complexity index is 1270. The number of nitrogens with zero attached hydrogens (tertiary/aromatic N) is 4. The van der Waals surface area contributed by atoms with E-state index in [2.05, 4.69) is 9.97 Å². The number of hydrogen-bond acceptors (Lipinski definition) is 6. The first kappa shape index (κ1) is 25.1. The van der Waals surface area contributed by atoms with Gasteiger partial charge in [0.1, 0.15) is 0 Å². The van der Waals surface area contributed by atoms with Crippen LogP contribution in [0.3, 0.4) is 0 Å². The highest BCUT2D eigenvalue weighted by atomic mass is 32.2. The first-order valence-corrected chi connectivity index (χ1v) is 13.1. The van der Waals surface area contributed by atoms with Gasteiger partial charge < -0.3 is 4.90 Å². The van der Waals surface area contributed by atoms with Crippen molar-refractivity contribution in [2.24, 2.45) is 5.92 Å². The normalized spacial score (nSPS) is 15.8. The summed E-state index contributed by atoms with van der Waals surface area (Å²) in [6.07, 6.45) is 2.18. The maximum absolute atomic E-state index is 13.6. The number of sulfonamides is 1. The van der Waals surface area contributed by atoms with E-state index in [1.165, 1.54) is 15.1 Å². The second-order valence-electron chi connectivity index (χ2n) is 9.51. The summed E-state index contributed by atoms with van der Waals surface area (Å²) in [7, 11) is -1.77. The molecule has 0 bridgehead atoms. The maximum Gasteiger partial charge on any atom is 0.330 e. The number of carbonyl (C=O) groups is 1. The predicted octanol–water partition coefficient (Wildman–Crippen LogP) is 1.36. The number of rotatable bonds is 6. The fraction of sp³-hybridized carbons (Fsp3) is 0.636. The Labute approximate surface area is 193 Å². The predicted molar refractivity (Wildman–Crippen MR) is 127 cm³/mol. The first-order chi connectivity index (χ1) is 15.3. The minimum atomic E-state index is -3.32. The molecule has 11 heteroatoms. The van der Waals surface area contributed by atoms with Gasteiger partial charge in [-0.05, 0) is 30.7 Å². The highest BCUT2D eigenvalue weighted by Crippen LogP contribution is 2.24. The largest absolute Gasteiger partial charge is 0.339 e. The summed E-state index contributed by atoms with van der Waals surface area (Å²) < 4.78 is 26.5. The topological polar surface area (TPSA) is 125 Å². The van der Waals surface area contributed by atoms with Gasteiger partial charge in [-0.15, -0.1) is 0 Å². The summed E-state index contributed by atoms with van der Waals surface area (Å²) >= 11 is 0. The minimum Gasteiger partial charge on any atom is -0.339 e. The van der Waals surface area contributed by atoms with Gasteiger partial charge >= 0.3 is 5.69 Å². The van der Waals surface area contributed by atoms with Crippen LogP contribution in [0.25, 0.3) is 11.0 Å². The maximum atomic E-state index is 13.6. The van der Waals surface area contributed by atoms with Crippen LogP contribution < -0.4 is 11.2 Å². The van der Waals surface area contributed by atoms with Crippen molar-refractivity contribution in [2.45, 2.75) is 59.0 Å². The molecule has 3 heterocycles. The number of H-pyrrole nitrogens is 1. The number of amides is 1. The molecule has 1 N–H and O–H groups in total. The standard InChI is InChI=1S/C22H33N5O5S/c1-13(2)12-27-19-18(20(28)24-22(27)30)16(11-17(23-19)14(3)4)21(29)26-9-7-15(8-10-26)25(5)33(6,31)32/h11,13-15H,7-10,12H2,1-6H3,(H,24,28,30).